The lowest BCUT2D eigenvalue weighted by molar-refractivity contribution is -0.124. The van der Waals surface area contributed by atoms with Crippen LogP contribution in [0.3, 0.4) is 0 Å². The molecule has 2 amide bonds. The van der Waals surface area contributed by atoms with Crippen molar-refractivity contribution in [3.05, 3.63) is 54.9 Å². The average molecular weight is 964 g/mol. The third-order valence-corrected chi connectivity index (χ3v) is 17.6. The first-order valence-electron chi connectivity index (χ1n) is 27.6. The summed E-state index contributed by atoms with van der Waals surface area (Å²) >= 11 is 3.53. The minimum absolute atomic E-state index is 0.0148. The third kappa shape index (κ3) is 19.5. The van der Waals surface area contributed by atoms with E-state index < -0.39 is 0 Å². The van der Waals surface area contributed by atoms with Crippen LogP contribution in [0.15, 0.2) is 35.4 Å². The summed E-state index contributed by atoms with van der Waals surface area (Å²) in [7, 11) is 0. The van der Waals surface area contributed by atoms with Gasteiger partial charge in [-0.3, -0.25) is 9.59 Å². The molecule has 6 heteroatoms. The summed E-state index contributed by atoms with van der Waals surface area (Å²) in [5.41, 5.74) is 3.55. The Bertz CT molecular complexity index is 1820. The molecular weight excluding hydrogens is 857 g/mol. The second-order valence-corrected chi connectivity index (χ2v) is 26.8. The number of nitrogens with zero attached hydrogens (tertiary/aromatic N) is 2. The summed E-state index contributed by atoms with van der Waals surface area (Å²) in [4.78, 5) is 38.9. The summed E-state index contributed by atoms with van der Waals surface area (Å²) in [6.07, 6.45) is 19.5. The second kappa shape index (κ2) is 28.6. The molecule has 0 aliphatic carbocycles. The van der Waals surface area contributed by atoms with Gasteiger partial charge >= 0.3 is 0 Å². The Kier molecular flexibility index (Phi) is 26.0. The lowest BCUT2D eigenvalue weighted by atomic mass is 9.89. The van der Waals surface area contributed by atoms with Gasteiger partial charge in [-0.25, -0.2) is 0 Å². The molecule has 2 aliphatic rings. The van der Waals surface area contributed by atoms with Gasteiger partial charge in [0.15, 0.2) is 0 Å². The molecule has 0 N–H and O–H groups in total. The number of rotatable bonds is 26. The van der Waals surface area contributed by atoms with E-state index in [1.165, 1.54) is 93.2 Å². The predicted octanol–water partition coefficient (Wildman–Crippen LogP) is 19.4. The van der Waals surface area contributed by atoms with E-state index in [0.717, 1.165) is 64.1 Å². The van der Waals surface area contributed by atoms with Gasteiger partial charge in [-0.1, -0.05) is 222 Å². The maximum Gasteiger partial charge on any atom is 0.261 e. The molecule has 0 saturated carbocycles. The van der Waals surface area contributed by atoms with Crippen LogP contribution < -0.4 is 0 Å². The van der Waals surface area contributed by atoms with Crippen molar-refractivity contribution < 1.29 is 9.59 Å². The first kappa shape index (κ1) is 60.9. The monoisotopic (exact) mass is 963 g/mol. The fraction of sp³-hybridized carbons (Fsp3) is 0.770. The SMILES string of the molecule is CC.CCC(C)(C)C.CCC(C)(C)c1ccc(C2=C3C(=O)N(CCC(C)CCCC(C)CCCC(C)C)C(c4ccc(C(C)(C)C)s4)=C3C(=O)N2CCC(C)CCCC(C)CCCC(C)C)s1. The van der Waals surface area contributed by atoms with E-state index in [1.54, 1.807) is 22.7 Å². The smallest absolute Gasteiger partial charge is 0.261 e. The van der Waals surface area contributed by atoms with E-state index in [4.69, 9.17) is 0 Å². The first-order chi connectivity index (χ1) is 31.3. The second-order valence-electron chi connectivity index (χ2n) is 24.6. The molecule has 4 rings (SSSR count). The molecule has 2 aromatic rings. The Balaban J connectivity index is 0.00000178. The van der Waals surface area contributed by atoms with Crippen molar-refractivity contribution in [2.45, 2.75) is 252 Å². The van der Waals surface area contributed by atoms with Crippen LogP contribution >= 0.6 is 22.7 Å². The van der Waals surface area contributed by atoms with Gasteiger partial charge in [-0.2, -0.15) is 0 Å². The van der Waals surface area contributed by atoms with Crippen LogP contribution in [0.5, 0.6) is 0 Å². The van der Waals surface area contributed by atoms with Crippen LogP contribution in [0.1, 0.15) is 261 Å². The van der Waals surface area contributed by atoms with E-state index >= 15 is 9.59 Å². The van der Waals surface area contributed by atoms with Crippen LogP contribution in [0.25, 0.3) is 11.4 Å². The molecule has 0 bridgehead atoms. The van der Waals surface area contributed by atoms with Crippen molar-refractivity contribution in [1.82, 2.24) is 9.80 Å². The van der Waals surface area contributed by atoms with Crippen LogP contribution in [0.2, 0.25) is 0 Å². The van der Waals surface area contributed by atoms with Crippen LogP contribution in [0.4, 0.5) is 0 Å². The highest BCUT2D eigenvalue weighted by Crippen LogP contribution is 2.50. The normalized spacial score (nSPS) is 16.4. The van der Waals surface area contributed by atoms with Gasteiger partial charge < -0.3 is 9.80 Å². The number of carbonyl (C=O) groups is 2. The van der Waals surface area contributed by atoms with Gasteiger partial charge in [0, 0.05) is 22.8 Å². The third-order valence-electron chi connectivity index (χ3n) is 14.6. The number of hydrogen-bond acceptors (Lipinski definition) is 4. The minimum Gasteiger partial charge on any atom is -0.306 e. The van der Waals surface area contributed by atoms with Gasteiger partial charge in [-0.05, 0) is 95.3 Å². The molecule has 0 aromatic carbocycles. The molecule has 0 radical (unpaired) electrons. The number of hydrogen-bond donors (Lipinski definition) is 0. The highest BCUT2D eigenvalue weighted by atomic mass is 32.1. The van der Waals surface area contributed by atoms with Crippen molar-refractivity contribution >= 4 is 45.9 Å². The Morgan fingerprint density at radius 1 is 0.463 bits per heavy atom. The summed E-state index contributed by atoms with van der Waals surface area (Å²) in [6, 6.07) is 8.82. The molecular formula is C61H106N2O2S2. The van der Waals surface area contributed by atoms with Crippen LogP contribution in [-0.4, -0.2) is 34.7 Å². The predicted molar refractivity (Wildman–Crippen MR) is 300 cm³/mol. The zero-order valence-corrected chi connectivity index (χ0v) is 49.2. The molecule has 4 atom stereocenters. The quantitative estimate of drug-likeness (QED) is 0.0943. The average Bonchev–Trinajstić information content (AvgIpc) is 4.05. The molecule has 4 unspecified atom stereocenters. The number of carbonyl (C=O) groups excluding carboxylic acids is 2. The Morgan fingerprint density at radius 2 is 0.776 bits per heavy atom. The zero-order valence-electron chi connectivity index (χ0n) is 47.5. The van der Waals surface area contributed by atoms with Gasteiger partial charge in [0.25, 0.3) is 11.8 Å². The maximum absolute atomic E-state index is 15.1. The highest BCUT2D eigenvalue weighted by molar-refractivity contribution is 7.13. The summed E-state index contributed by atoms with van der Waals surface area (Å²) < 4.78 is 0. The van der Waals surface area contributed by atoms with E-state index in [1.807, 2.05) is 23.6 Å². The lowest BCUT2D eigenvalue weighted by Gasteiger charge is -2.26. The molecule has 0 saturated heterocycles. The lowest BCUT2D eigenvalue weighted by Crippen LogP contribution is -2.31. The zero-order chi connectivity index (χ0) is 50.9. The molecule has 0 fully saturated rings. The highest BCUT2D eigenvalue weighted by Gasteiger charge is 2.49. The van der Waals surface area contributed by atoms with Crippen LogP contribution in [0, 0.1) is 40.9 Å². The molecule has 2 aromatic heterocycles. The van der Waals surface area contributed by atoms with Crippen molar-refractivity contribution in [1.29, 1.82) is 0 Å². The van der Waals surface area contributed by atoms with Gasteiger partial charge in [0.1, 0.15) is 0 Å². The van der Waals surface area contributed by atoms with Crippen molar-refractivity contribution in [2.24, 2.45) is 40.9 Å². The standard InChI is InChI=1S/C53H86N2O2S2.C6H14.C2H6/c1-15-53(13,14)45-31-29-43(59-45)49-47-46(50(56)55(49)35-33-41(9)27-19-25-39(7)23-17-21-37(4)5)48(42-28-30-44(58-42)52(10,11)12)54(51(47)57)34-32-40(8)26-18-24-38(6)22-16-20-36(2)3;1-5-6(2,3)4;1-2/h28-31,36-41H,15-27,32-35H2,1-14H3;5H2,1-4H3;1-2H3. The van der Waals surface area contributed by atoms with E-state index in [-0.39, 0.29) is 22.6 Å². The molecule has 67 heavy (non-hydrogen) atoms. The number of thiophene rings is 2. The molecule has 4 nitrogen and oxygen atoms in total. The van der Waals surface area contributed by atoms with E-state index in [0.29, 0.717) is 41.5 Å². The first-order valence-corrected chi connectivity index (χ1v) is 29.3. The summed E-state index contributed by atoms with van der Waals surface area (Å²) in [5, 5.41) is 0. The van der Waals surface area contributed by atoms with Gasteiger partial charge in [0.05, 0.1) is 32.3 Å². The fourth-order valence-corrected chi connectivity index (χ4v) is 11.2. The minimum atomic E-state index is -0.0148. The Labute approximate surface area is 424 Å². The van der Waals surface area contributed by atoms with Crippen LogP contribution in [-0.2, 0) is 20.4 Å². The van der Waals surface area contributed by atoms with E-state index in [9.17, 15) is 0 Å². The molecule has 2 aliphatic heterocycles. The van der Waals surface area contributed by atoms with Gasteiger partial charge in [0.2, 0.25) is 0 Å². The van der Waals surface area contributed by atoms with Crippen molar-refractivity contribution in [3.63, 3.8) is 0 Å². The Hall–Kier alpha value is -2.18. The maximum atomic E-state index is 15.1. The topological polar surface area (TPSA) is 40.6 Å². The molecule has 0 spiro atoms. The van der Waals surface area contributed by atoms with E-state index in [2.05, 4.69) is 149 Å². The summed E-state index contributed by atoms with van der Waals surface area (Å²) in [5.74, 6) is 4.15. The number of amides is 2. The van der Waals surface area contributed by atoms with Gasteiger partial charge in [-0.15, -0.1) is 22.7 Å². The fourth-order valence-electron chi connectivity index (χ4n) is 8.86. The summed E-state index contributed by atoms with van der Waals surface area (Å²) in [6.45, 7) is 46.7. The van der Waals surface area contributed by atoms with Crippen molar-refractivity contribution in [3.8, 4) is 0 Å². The Morgan fingerprint density at radius 3 is 1.07 bits per heavy atom. The largest absolute Gasteiger partial charge is 0.306 e. The molecule has 4 heterocycles. The van der Waals surface area contributed by atoms with Crippen molar-refractivity contribution in [2.75, 3.05) is 13.1 Å². The number of fused-ring (bicyclic) bond motifs is 1. The molecule has 384 valence electrons.